The van der Waals surface area contributed by atoms with Crippen LogP contribution in [-0.2, 0) is 0 Å². The number of aliphatic hydroxyl groups is 1. The number of nitrogens with one attached hydrogen (secondary N) is 2. The third kappa shape index (κ3) is 5.47. The minimum atomic E-state index is -0.499. The summed E-state index contributed by atoms with van der Waals surface area (Å²) >= 11 is 3.51. The van der Waals surface area contributed by atoms with Crippen LogP contribution >= 0.6 is 15.9 Å². The number of rotatable bonds is 5. The fourth-order valence-electron chi connectivity index (χ4n) is 5.25. The highest BCUT2D eigenvalue weighted by atomic mass is 79.9. The fraction of sp³-hybridized carbons (Fsp3) is 0.625. The molecule has 3 atom stereocenters. The molecule has 3 saturated heterocycles. The van der Waals surface area contributed by atoms with E-state index in [-0.39, 0.29) is 17.9 Å². The first-order chi connectivity index (χ1) is 15.4. The van der Waals surface area contributed by atoms with E-state index in [9.17, 15) is 9.90 Å². The van der Waals surface area contributed by atoms with Gasteiger partial charge in [0, 0.05) is 55.7 Å². The number of benzene rings is 1. The van der Waals surface area contributed by atoms with Crippen LogP contribution in [0, 0.1) is 5.92 Å². The SMILES string of the molecule is C=C1CNCC(C(O)N2CCC[C@@H](Nc3c(N)cc(Br)cc3C(=O)N3CCCCC3)C2)C1. The van der Waals surface area contributed by atoms with Crippen molar-refractivity contribution in [3.05, 3.63) is 34.3 Å². The number of amides is 1. The van der Waals surface area contributed by atoms with Crippen LogP contribution in [0.5, 0.6) is 0 Å². The molecule has 2 unspecified atom stereocenters. The third-order valence-electron chi connectivity index (χ3n) is 6.94. The first-order valence-corrected chi connectivity index (χ1v) is 12.7. The van der Waals surface area contributed by atoms with Crippen LogP contribution in [0.3, 0.4) is 0 Å². The Morgan fingerprint density at radius 2 is 2.03 bits per heavy atom. The number of nitrogen functional groups attached to an aromatic ring is 1. The largest absolute Gasteiger partial charge is 0.397 e. The highest BCUT2D eigenvalue weighted by molar-refractivity contribution is 9.10. The van der Waals surface area contributed by atoms with Crippen LogP contribution in [0.1, 0.15) is 48.9 Å². The highest BCUT2D eigenvalue weighted by Crippen LogP contribution is 2.32. The van der Waals surface area contributed by atoms with Crippen molar-refractivity contribution in [2.45, 2.75) is 50.8 Å². The van der Waals surface area contributed by atoms with E-state index in [1.54, 1.807) is 0 Å². The Morgan fingerprint density at radius 1 is 1.25 bits per heavy atom. The predicted molar refractivity (Wildman–Crippen MR) is 133 cm³/mol. The van der Waals surface area contributed by atoms with E-state index in [1.807, 2.05) is 17.0 Å². The molecule has 3 aliphatic rings. The van der Waals surface area contributed by atoms with Crippen molar-refractivity contribution in [1.82, 2.24) is 15.1 Å². The van der Waals surface area contributed by atoms with Gasteiger partial charge in [-0.3, -0.25) is 9.69 Å². The molecule has 0 spiro atoms. The van der Waals surface area contributed by atoms with Gasteiger partial charge in [-0.05, 0) is 50.7 Å². The lowest BCUT2D eigenvalue weighted by Crippen LogP contribution is -2.52. The molecule has 3 fully saturated rings. The van der Waals surface area contributed by atoms with Gasteiger partial charge < -0.3 is 26.4 Å². The number of nitrogens with two attached hydrogens (primary N) is 1. The standard InChI is InChI=1S/C24H36BrN5O2/c1-16-10-17(14-27-13-16)23(31)30-9-5-6-19(15-30)28-22-20(11-18(25)12-21(22)26)24(32)29-7-3-2-4-8-29/h11-12,17,19,23,27-28,31H,1-10,13-15,26H2/t17?,19-,23?/m1/s1. The van der Waals surface area contributed by atoms with Crippen LogP contribution in [0.2, 0.25) is 0 Å². The number of carbonyl (C=O) groups excluding carboxylic acids is 1. The molecule has 3 heterocycles. The zero-order chi connectivity index (χ0) is 22.7. The van der Waals surface area contributed by atoms with Gasteiger partial charge in [0.25, 0.3) is 5.91 Å². The van der Waals surface area contributed by atoms with Gasteiger partial charge in [0.2, 0.25) is 0 Å². The molecule has 32 heavy (non-hydrogen) atoms. The zero-order valence-corrected chi connectivity index (χ0v) is 20.4. The van der Waals surface area contributed by atoms with Crippen molar-refractivity contribution < 1.29 is 9.90 Å². The molecule has 7 nitrogen and oxygen atoms in total. The monoisotopic (exact) mass is 505 g/mol. The molecule has 4 rings (SSSR count). The Morgan fingerprint density at radius 3 is 2.78 bits per heavy atom. The number of aliphatic hydroxyl groups excluding tert-OH is 1. The third-order valence-corrected chi connectivity index (χ3v) is 7.39. The van der Waals surface area contributed by atoms with E-state index in [0.29, 0.717) is 11.3 Å². The van der Waals surface area contributed by atoms with Crippen molar-refractivity contribution in [3.8, 4) is 0 Å². The van der Waals surface area contributed by atoms with Gasteiger partial charge in [-0.1, -0.05) is 28.1 Å². The van der Waals surface area contributed by atoms with E-state index in [1.165, 1.54) is 6.42 Å². The maximum absolute atomic E-state index is 13.3. The number of anilines is 2. The Hall–Kier alpha value is -1.61. The van der Waals surface area contributed by atoms with Crippen molar-refractivity contribution in [2.24, 2.45) is 5.92 Å². The number of halogens is 1. The fourth-order valence-corrected chi connectivity index (χ4v) is 5.73. The second-order valence-corrected chi connectivity index (χ2v) is 10.4. The molecule has 176 valence electrons. The summed E-state index contributed by atoms with van der Waals surface area (Å²) in [5, 5.41) is 18.0. The summed E-state index contributed by atoms with van der Waals surface area (Å²) in [7, 11) is 0. The second-order valence-electron chi connectivity index (χ2n) is 9.51. The molecule has 0 bridgehead atoms. The number of likely N-dealkylation sites (tertiary alicyclic amines) is 2. The Balaban J connectivity index is 1.48. The molecular weight excluding hydrogens is 470 g/mol. The molecule has 0 aliphatic carbocycles. The average molecular weight is 506 g/mol. The second kappa shape index (κ2) is 10.5. The maximum Gasteiger partial charge on any atom is 0.256 e. The molecule has 0 radical (unpaired) electrons. The molecule has 1 aromatic rings. The predicted octanol–water partition coefficient (Wildman–Crippen LogP) is 3.02. The van der Waals surface area contributed by atoms with Crippen molar-refractivity contribution >= 4 is 33.2 Å². The van der Waals surface area contributed by atoms with Crippen molar-refractivity contribution in [1.29, 1.82) is 0 Å². The summed E-state index contributed by atoms with van der Waals surface area (Å²) in [5.74, 6) is 0.198. The van der Waals surface area contributed by atoms with Crippen LogP contribution in [0.15, 0.2) is 28.8 Å². The Labute approximate surface area is 199 Å². The molecule has 0 saturated carbocycles. The number of carbonyl (C=O) groups is 1. The van der Waals surface area contributed by atoms with Gasteiger partial charge in [0.15, 0.2) is 0 Å². The Kier molecular flexibility index (Phi) is 7.76. The summed E-state index contributed by atoms with van der Waals surface area (Å²) in [6.07, 6.45) is 5.61. The molecule has 8 heteroatoms. The minimum Gasteiger partial charge on any atom is -0.397 e. The summed E-state index contributed by atoms with van der Waals surface area (Å²) in [6.45, 7) is 8.92. The molecule has 1 amide bonds. The van der Waals surface area contributed by atoms with E-state index >= 15 is 0 Å². The molecule has 0 aromatic heterocycles. The first-order valence-electron chi connectivity index (χ1n) is 11.9. The van der Waals surface area contributed by atoms with Crippen LogP contribution in [0.4, 0.5) is 11.4 Å². The normalized spacial score (nSPS) is 26.1. The van der Waals surface area contributed by atoms with Crippen molar-refractivity contribution in [3.63, 3.8) is 0 Å². The first kappa shape index (κ1) is 23.5. The van der Waals surface area contributed by atoms with Gasteiger partial charge in [0.1, 0.15) is 6.23 Å². The summed E-state index contributed by atoms with van der Waals surface area (Å²) < 4.78 is 0.812. The van der Waals surface area contributed by atoms with Crippen LogP contribution in [-0.4, -0.2) is 72.4 Å². The number of hydrogen-bond acceptors (Lipinski definition) is 6. The van der Waals surface area contributed by atoms with Gasteiger partial charge in [-0.2, -0.15) is 0 Å². The molecular formula is C24H36BrN5O2. The van der Waals surface area contributed by atoms with Crippen molar-refractivity contribution in [2.75, 3.05) is 50.3 Å². The molecule has 5 N–H and O–H groups in total. The van der Waals surface area contributed by atoms with Crippen LogP contribution < -0.4 is 16.4 Å². The van der Waals surface area contributed by atoms with Crippen LogP contribution in [0.25, 0.3) is 0 Å². The topological polar surface area (TPSA) is 93.9 Å². The van der Waals surface area contributed by atoms with Gasteiger partial charge in [-0.15, -0.1) is 0 Å². The lowest BCUT2D eigenvalue weighted by atomic mass is 9.92. The quantitative estimate of drug-likeness (QED) is 0.363. The summed E-state index contributed by atoms with van der Waals surface area (Å²) in [6, 6.07) is 3.85. The lowest BCUT2D eigenvalue weighted by Gasteiger charge is -2.41. The highest BCUT2D eigenvalue weighted by Gasteiger charge is 2.32. The zero-order valence-electron chi connectivity index (χ0n) is 18.8. The lowest BCUT2D eigenvalue weighted by molar-refractivity contribution is -0.0527. The van der Waals surface area contributed by atoms with E-state index in [4.69, 9.17) is 5.73 Å². The van der Waals surface area contributed by atoms with E-state index in [0.717, 1.165) is 87.1 Å². The number of hydrogen-bond donors (Lipinski definition) is 4. The smallest absolute Gasteiger partial charge is 0.256 e. The average Bonchev–Trinajstić information content (AvgIpc) is 2.80. The number of piperidine rings is 3. The van der Waals surface area contributed by atoms with Gasteiger partial charge in [0.05, 0.1) is 16.9 Å². The number of nitrogens with zero attached hydrogens (tertiary/aromatic N) is 2. The van der Waals surface area contributed by atoms with Gasteiger partial charge >= 0.3 is 0 Å². The van der Waals surface area contributed by atoms with Gasteiger partial charge in [-0.25, -0.2) is 0 Å². The molecule has 3 aliphatic heterocycles. The summed E-state index contributed by atoms with van der Waals surface area (Å²) in [4.78, 5) is 17.4. The summed E-state index contributed by atoms with van der Waals surface area (Å²) in [5.41, 5.74) is 9.46. The minimum absolute atomic E-state index is 0.0414. The van der Waals surface area contributed by atoms with E-state index in [2.05, 4.69) is 38.0 Å². The van der Waals surface area contributed by atoms with E-state index < -0.39 is 6.23 Å². The molecule has 1 aromatic carbocycles. The maximum atomic E-state index is 13.3. The Bertz CT molecular complexity index is 842.